The highest BCUT2D eigenvalue weighted by Gasteiger charge is 2.33. The largest absolute Gasteiger partial charge is 0.490 e. The second kappa shape index (κ2) is 7.20. The molecule has 0 spiro atoms. The van der Waals surface area contributed by atoms with E-state index < -0.39 is 22.4 Å². The first kappa shape index (κ1) is 18.2. The van der Waals surface area contributed by atoms with E-state index in [9.17, 15) is 28.1 Å². The smallest absolute Gasteiger partial charge is 0.416 e. The number of hydrogen-bond donors (Lipinski definition) is 0. The summed E-state index contributed by atoms with van der Waals surface area (Å²) in [6.07, 6.45) is -4.14. The summed E-state index contributed by atoms with van der Waals surface area (Å²) in [4.78, 5) is 20.9. The van der Waals surface area contributed by atoms with Crippen molar-refractivity contribution in [3.63, 3.8) is 0 Å². The van der Waals surface area contributed by atoms with Gasteiger partial charge in [-0.2, -0.15) is 13.2 Å². The fourth-order valence-corrected chi connectivity index (χ4v) is 1.99. The Balaban J connectivity index is 2.46. The lowest BCUT2D eigenvalue weighted by Crippen LogP contribution is -2.06. The Kier molecular flexibility index (Phi) is 5.26. The predicted octanol–water partition coefficient (Wildman–Crippen LogP) is 4.62. The van der Waals surface area contributed by atoms with E-state index in [-0.39, 0.29) is 29.4 Å². The van der Waals surface area contributed by atoms with Crippen molar-refractivity contribution in [1.82, 2.24) is 0 Å². The highest BCUT2D eigenvalue weighted by atomic mass is 19.4. The van der Waals surface area contributed by atoms with Gasteiger partial charge in [0.05, 0.1) is 17.1 Å². The highest BCUT2D eigenvalue weighted by molar-refractivity contribution is 5.76. The second-order valence-corrected chi connectivity index (χ2v) is 4.80. The molecule has 132 valence electrons. The van der Waals surface area contributed by atoms with Crippen LogP contribution in [0.2, 0.25) is 0 Å². The third-order valence-corrected chi connectivity index (χ3v) is 3.11. The quantitative estimate of drug-likeness (QED) is 0.429. The Morgan fingerprint density at radius 3 is 2.36 bits per heavy atom. The van der Waals surface area contributed by atoms with E-state index in [4.69, 9.17) is 9.47 Å². The molecule has 0 bridgehead atoms. The third-order valence-electron chi connectivity index (χ3n) is 3.11. The minimum absolute atomic E-state index is 0.0373. The molecular formula is C16H12F3NO5. The predicted molar refractivity (Wildman–Crippen MR) is 81.2 cm³/mol. The molecule has 2 aromatic rings. The molecule has 6 nitrogen and oxygen atoms in total. The molecule has 0 amide bonds. The lowest BCUT2D eigenvalue weighted by atomic mass is 10.1. The maximum atomic E-state index is 12.7. The lowest BCUT2D eigenvalue weighted by molar-refractivity contribution is -0.385. The minimum atomic E-state index is -4.72. The molecule has 0 saturated carbocycles. The Labute approximate surface area is 139 Å². The number of ether oxygens (including phenoxy) is 2. The van der Waals surface area contributed by atoms with Gasteiger partial charge in [-0.1, -0.05) is 0 Å². The maximum Gasteiger partial charge on any atom is 0.416 e. The van der Waals surface area contributed by atoms with Gasteiger partial charge in [0.15, 0.2) is 11.5 Å². The van der Waals surface area contributed by atoms with Gasteiger partial charge in [-0.25, -0.2) is 0 Å². The molecule has 0 aliphatic heterocycles. The normalized spacial score (nSPS) is 11.0. The number of nitro groups is 1. The van der Waals surface area contributed by atoms with E-state index in [1.54, 1.807) is 6.92 Å². The van der Waals surface area contributed by atoms with Crippen LogP contribution in [0.1, 0.15) is 22.8 Å². The van der Waals surface area contributed by atoms with E-state index >= 15 is 0 Å². The molecule has 0 unspecified atom stereocenters. The van der Waals surface area contributed by atoms with Crippen LogP contribution in [0.3, 0.4) is 0 Å². The molecule has 0 atom stereocenters. The number of rotatable bonds is 6. The summed E-state index contributed by atoms with van der Waals surface area (Å²) in [6, 6.07) is 6.04. The Hall–Kier alpha value is -3.10. The maximum absolute atomic E-state index is 12.7. The molecule has 0 aromatic heterocycles. The van der Waals surface area contributed by atoms with Gasteiger partial charge < -0.3 is 9.47 Å². The molecule has 0 N–H and O–H groups in total. The topological polar surface area (TPSA) is 78.7 Å². The van der Waals surface area contributed by atoms with Gasteiger partial charge in [0.1, 0.15) is 6.29 Å². The summed E-state index contributed by atoms with van der Waals surface area (Å²) in [5.74, 6) is -0.200. The van der Waals surface area contributed by atoms with Crippen LogP contribution >= 0.6 is 0 Å². The summed E-state index contributed by atoms with van der Waals surface area (Å²) in [7, 11) is 0. The minimum Gasteiger partial charge on any atom is -0.490 e. The Morgan fingerprint density at radius 1 is 1.12 bits per heavy atom. The molecule has 0 aliphatic carbocycles. The SMILES string of the molecule is CCOc1cc(C=O)ccc1Oc1ccc(C(F)(F)F)cc1[N+](=O)[O-]. The number of carbonyl (C=O) groups excluding carboxylic acids is 1. The van der Waals surface area contributed by atoms with Crippen LogP contribution in [0.15, 0.2) is 36.4 Å². The molecule has 0 heterocycles. The molecule has 0 radical (unpaired) electrons. The Bertz CT molecular complexity index is 805. The van der Waals surface area contributed by atoms with Crippen LogP contribution in [-0.2, 0) is 6.18 Å². The number of alkyl halides is 3. The van der Waals surface area contributed by atoms with E-state index in [0.717, 1.165) is 6.07 Å². The zero-order chi connectivity index (χ0) is 18.6. The molecular weight excluding hydrogens is 343 g/mol. The molecule has 0 saturated heterocycles. The van der Waals surface area contributed by atoms with Crippen LogP contribution in [-0.4, -0.2) is 17.8 Å². The highest BCUT2D eigenvalue weighted by Crippen LogP contribution is 2.40. The van der Waals surface area contributed by atoms with Crippen molar-refractivity contribution in [2.45, 2.75) is 13.1 Å². The van der Waals surface area contributed by atoms with Crippen LogP contribution in [0, 0.1) is 10.1 Å². The number of benzene rings is 2. The molecule has 9 heteroatoms. The van der Waals surface area contributed by atoms with Crippen molar-refractivity contribution in [3.05, 3.63) is 57.6 Å². The van der Waals surface area contributed by atoms with E-state index in [1.165, 1.54) is 18.2 Å². The Morgan fingerprint density at radius 2 is 1.80 bits per heavy atom. The van der Waals surface area contributed by atoms with Crippen LogP contribution in [0.5, 0.6) is 17.2 Å². The number of aldehydes is 1. The second-order valence-electron chi connectivity index (χ2n) is 4.80. The average Bonchev–Trinajstić information content (AvgIpc) is 2.55. The van der Waals surface area contributed by atoms with E-state index in [1.807, 2.05) is 0 Å². The molecule has 25 heavy (non-hydrogen) atoms. The van der Waals surface area contributed by atoms with Gasteiger partial charge in [0.2, 0.25) is 5.75 Å². The van der Waals surface area contributed by atoms with Crippen molar-refractivity contribution in [3.8, 4) is 17.2 Å². The third kappa shape index (κ3) is 4.25. The van der Waals surface area contributed by atoms with Crippen LogP contribution in [0.4, 0.5) is 18.9 Å². The summed E-state index contributed by atoms with van der Waals surface area (Å²) >= 11 is 0. The van der Waals surface area contributed by atoms with Crippen molar-refractivity contribution in [1.29, 1.82) is 0 Å². The summed E-state index contributed by atoms with van der Waals surface area (Å²) in [6.45, 7) is 1.91. The monoisotopic (exact) mass is 355 g/mol. The van der Waals surface area contributed by atoms with Crippen molar-refractivity contribution < 1.29 is 32.4 Å². The fourth-order valence-electron chi connectivity index (χ4n) is 1.99. The first-order valence-corrected chi connectivity index (χ1v) is 7.01. The molecule has 0 aliphatic rings. The van der Waals surface area contributed by atoms with Gasteiger partial charge in [0, 0.05) is 11.6 Å². The summed E-state index contributed by atoms with van der Waals surface area (Å²) in [5, 5.41) is 11.1. The molecule has 2 rings (SSSR count). The number of halogens is 3. The molecule has 0 fully saturated rings. The number of carbonyl (C=O) groups is 1. The van der Waals surface area contributed by atoms with Crippen molar-refractivity contribution in [2.24, 2.45) is 0 Å². The van der Waals surface area contributed by atoms with Gasteiger partial charge >= 0.3 is 11.9 Å². The molecule has 2 aromatic carbocycles. The van der Waals surface area contributed by atoms with Crippen molar-refractivity contribution in [2.75, 3.05) is 6.61 Å². The fraction of sp³-hybridized carbons (Fsp3) is 0.188. The standard InChI is InChI=1S/C16H12F3NO5/c1-2-24-15-7-10(9-21)3-5-14(15)25-13-6-4-11(16(17,18)19)8-12(13)20(22)23/h3-9H,2H2,1H3. The zero-order valence-electron chi connectivity index (χ0n) is 12.9. The van der Waals surface area contributed by atoms with Gasteiger partial charge in [0.25, 0.3) is 0 Å². The number of nitrogens with zero attached hydrogens (tertiary/aromatic N) is 1. The first-order valence-electron chi connectivity index (χ1n) is 7.01. The average molecular weight is 355 g/mol. The zero-order valence-corrected chi connectivity index (χ0v) is 12.9. The van der Waals surface area contributed by atoms with Crippen LogP contribution in [0.25, 0.3) is 0 Å². The summed E-state index contributed by atoms with van der Waals surface area (Å²) in [5.41, 5.74) is -1.71. The lowest BCUT2D eigenvalue weighted by Gasteiger charge is -2.13. The summed E-state index contributed by atoms with van der Waals surface area (Å²) < 4.78 is 48.8. The van der Waals surface area contributed by atoms with Gasteiger partial charge in [-0.15, -0.1) is 0 Å². The van der Waals surface area contributed by atoms with Gasteiger partial charge in [-0.05, 0) is 37.3 Å². The number of hydrogen-bond acceptors (Lipinski definition) is 5. The van der Waals surface area contributed by atoms with E-state index in [2.05, 4.69) is 0 Å². The van der Waals surface area contributed by atoms with Gasteiger partial charge in [-0.3, -0.25) is 14.9 Å². The van der Waals surface area contributed by atoms with Crippen molar-refractivity contribution >= 4 is 12.0 Å². The number of nitro benzene ring substituents is 1. The van der Waals surface area contributed by atoms with Crippen LogP contribution < -0.4 is 9.47 Å². The van der Waals surface area contributed by atoms with E-state index in [0.29, 0.717) is 18.4 Å². The first-order chi connectivity index (χ1) is 11.8.